The van der Waals surface area contributed by atoms with Crippen molar-refractivity contribution in [3.63, 3.8) is 0 Å². The minimum absolute atomic E-state index is 0.0193. The van der Waals surface area contributed by atoms with Crippen LogP contribution in [-0.4, -0.2) is 65.0 Å². The summed E-state index contributed by atoms with van der Waals surface area (Å²) in [6, 6.07) is -0.773. The Kier molecular flexibility index (Phi) is 4.46. The average molecular weight is 283 g/mol. The van der Waals surface area contributed by atoms with E-state index in [1.165, 1.54) is 9.80 Å². The van der Waals surface area contributed by atoms with Gasteiger partial charge < -0.3 is 20.2 Å². The molecule has 0 spiro atoms. The maximum absolute atomic E-state index is 12.6. The summed E-state index contributed by atoms with van der Waals surface area (Å²) >= 11 is 0. The van der Waals surface area contributed by atoms with Crippen molar-refractivity contribution in [3.05, 3.63) is 0 Å². The standard InChI is InChI=1S/C13H21N3O4/c1-14-12(19)10-4-2-3-7-15(10)13(20)16(8-11(17)18)9-5-6-9/h9-10H,2-8H2,1H3,(H,14,19)(H,17,18). The molecule has 0 bridgehead atoms. The smallest absolute Gasteiger partial charge is 0.323 e. The minimum Gasteiger partial charge on any atom is -0.480 e. The highest BCUT2D eigenvalue weighted by Gasteiger charge is 2.40. The number of likely N-dealkylation sites (N-methyl/N-ethyl adjacent to an activating group) is 1. The second kappa shape index (κ2) is 6.11. The van der Waals surface area contributed by atoms with Gasteiger partial charge in [0.1, 0.15) is 12.6 Å². The van der Waals surface area contributed by atoms with Crippen LogP contribution in [0.15, 0.2) is 0 Å². The molecule has 2 fully saturated rings. The summed E-state index contributed by atoms with van der Waals surface area (Å²) in [6.45, 7) is 0.222. The number of nitrogens with one attached hydrogen (secondary N) is 1. The molecule has 3 amide bonds. The van der Waals surface area contributed by atoms with Gasteiger partial charge in [-0.3, -0.25) is 9.59 Å². The van der Waals surface area contributed by atoms with Gasteiger partial charge in [-0.1, -0.05) is 0 Å². The zero-order valence-electron chi connectivity index (χ0n) is 11.7. The number of likely N-dealkylation sites (tertiary alicyclic amines) is 1. The number of hydrogen-bond donors (Lipinski definition) is 2. The number of hydrogen-bond acceptors (Lipinski definition) is 3. The van der Waals surface area contributed by atoms with Crippen molar-refractivity contribution < 1.29 is 19.5 Å². The molecule has 2 rings (SSSR count). The van der Waals surface area contributed by atoms with Gasteiger partial charge in [0.05, 0.1) is 0 Å². The van der Waals surface area contributed by atoms with E-state index in [4.69, 9.17) is 5.11 Å². The largest absolute Gasteiger partial charge is 0.480 e. The molecule has 0 aromatic rings. The quantitative estimate of drug-likeness (QED) is 0.774. The van der Waals surface area contributed by atoms with Crippen molar-refractivity contribution in [2.24, 2.45) is 0 Å². The third kappa shape index (κ3) is 3.20. The predicted molar refractivity (Wildman–Crippen MR) is 71.2 cm³/mol. The van der Waals surface area contributed by atoms with Gasteiger partial charge in [0, 0.05) is 19.6 Å². The number of carboxylic acid groups (broad SMARTS) is 1. The Morgan fingerprint density at radius 2 is 1.95 bits per heavy atom. The van der Waals surface area contributed by atoms with Crippen LogP contribution in [0.3, 0.4) is 0 Å². The highest BCUT2D eigenvalue weighted by atomic mass is 16.4. The van der Waals surface area contributed by atoms with E-state index in [0.29, 0.717) is 13.0 Å². The van der Waals surface area contributed by atoms with Crippen molar-refractivity contribution in [3.8, 4) is 0 Å². The molecule has 0 radical (unpaired) electrons. The summed E-state index contributed by atoms with van der Waals surface area (Å²) in [6.07, 6.45) is 4.08. The van der Waals surface area contributed by atoms with Crippen molar-refractivity contribution in [2.45, 2.75) is 44.2 Å². The molecule has 1 aliphatic carbocycles. The second-order valence-electron chi connectivity index (χ2n) is 5.35. The SMILES string of the molecule is CNC(=O)C1CCCCN1C(=O)N(CC(=O)O)C1CC1. The Morgan fingerprint density at radius 3 is 2.50 bits per heavy atom. The lowest BCUT2D eigenvalue weighted by molar-refractivity contribution is -0.138. The van der Waals surface area contributed by atoms with Crippen LogP contribution in [-0.2, 0) is 9.59 Å². The van der Waals surface area contributed by atoms with Crippen LogP contribution in [0.4, 0.5) is 4.79 Å². The molecule has 1 saturated heterocycles. The summed E-state index contributed by atoms with van der Waals surface area (Å²) in [5.41, 5.74) is 0. The summed E-state index contributed by atoms with van der Waals surface area (Å²) in [5, 5.41) is 11.5. The van der Waals surface area contributed by atoms with E-state index < -0.39 is 12.0 Å². The molecule has 2 N–H and O–H groups in total. The van der Waals surface area contributed by atoms with Crippen molar-refractivity contribution in [1.29, 1.82) is 0 Å². The molecule has 2 aliphatic rings. The zero-order valence-corrected chi connectivity index (χ0v) is 11.7. The van der Waals surface area contributed by atoms with Crippen LogP contribution in [0.1, 0.15) is 32.1 Å². The van der Waals surface area contributed by atoms with E-state index in [0.717, 1.165) is 25.7 Å². The Bertz CT molecular complexity index is 408. The first-order valence-corrected chi connectivity index (χ1v) is 7.05. The topological polar surface area (TPSA) is 90.0 Å². The number of carbonyl (C=O) groups is 3. The van der Waals surface area contributed by atoms with E-state index in [9.17, 15) is 14.4 Å². The van der Waals surface area contributed by atoms with Gasteiger partial charge >= 0.3 is 12.0 Å². The number of piperidine rings is 1. The molecule has 0 aromatic carbocycles. The Labute approximate surface area is 117 Å². The summed E-state index contributed by atoms with van der Waals surface area (Å²) in [7, 11) is 1.55. The van der Waals surface area contributed by atoms with Gasteiger partial charge in [0.25, 0.3) is 0 Å². The summed E-state index contributed by atoms with van der Waals surface area (Å²) in [4.78, 5) is 38.3. The third-order valence-electron chi connectivity index (χ3n) is 3.84. The van der Waals surface area contributed by atoms with E-state index in [1.807, 2.05) is 0 Å². The molecule has 1 unspecified atom stereocenters. The first kappa shape index (κ1) is 14.6. The molecule has 1 aliphatic heterocycles. The maximum Gasteiger partial charge on any atom is 0.323 e. The highest BCUT2D eigenvalue weighted by Crippen LogP contribution is 2.29. The van der Waals surface area contributed by atoms with Crippen LogP contribution < -0.4 is 5.32 Å². The normalized spacial score (nSPS) is 22.2. The summed E-state index contributed by atoms with van der Waals surface area (Å²) in [5.74, 6) is -1.19. The highest BCUT2D eigenvalue weighted by molar-refractivity contribution is 5.88. The molecular weight excluding hydrogens is 262 g/mol. The van der Waals surface area contributed by atoms with Crippen molar-refractivity contribution in [1.82, 2.24) is 15.1 Å². The van der Waals surface area contributed by atoms with Gasteiger partial charge in [-0.25, -0.2) is 4.79 Å². The van der Waals surface area contributed by atoms with Crippen molar-refractivity contribution >= 4 is 17.9 Å². The Balaban J connectivity index is 2.10. The van der Waals surface area contributed by atoms with E-state index in [1.54, 1.807) is 7.05 Å². The fourth-order valence-electron chi connectivity index (χ4n) is 2.65. The van der Waals surface area contributed by atoms with Crippen LogP contribution in [0.5, 0.6) is 0 Å². The number of rotatable bonds is 4. The van der Waals surface area contributed by atoms with Gasteiger partial charge in [0.15, 0.2) is 0 Å². The van der Waals surface area contributed by atoms with Crippen LogP contribution in [0, 0.1) is 0 Å². The monoisotopic (exact) mass is 283 g/mol. The molecule has 1 heterocycles. The molecular formula is C13H21N3O4. The molecule has 112 valence electrons. The number of aliphatic carboxylic acids is 1. The van der Waals surface area contributed by atoms with Gasteiger partial charge in [0.2, 0.25) is 5.91 Å². The fourth-order valence-corrected chi connectivity index (χ4v) is 2.65. The lowest BCUT2D eigenvalue weighted by Crippen LogP contribution is -2.56. The van der Waals surface area contributed by atoms with E-state index >= 15 is 0 Å². The van der Waals surface area contributed by atoms with E-state index in [2.05, 4.69) is 5.32 Å². The average Bonchev–Trinajstić information content (AvgIpc) is 3.27. The number of amides is 3. The number of urea groups is 1. The maximum atomic E-state index is 12.6. The predicted octanol–water partition coefficient (Wildman–Crippen LogP) is 0.256. The second-order valence-corrected chi connectivity index (χ2v) is 5.35. The number of nitrogens with zero attached hydrogens (tertiary/aromatic N) is 2. The lowest BCUT2D eigenvalue weighted by Gasteiger charge is -2.37. The zero-order chi connectivity index (χ0) is 14.7. The minimum atomic E-state index is -1.02. The molecule has 7 nitrogen and oxygen atoms in total. The first-order valence-electron chi connectivity index (χ1n) is 7.05. The third-order valence-corrected chi connectivity index (χ3v) is 3.84. The van der Waals surface area contributed by atoms with Gasteiger partial charge in [-0.15, -0.1) is 0 Å². The molecule has 0 aromatic heterocycles. The molecule has 1 atom stereocenters. The molecule has 1 saturated carbocycles. The van der Waals surface area contributed by atoms with Crippen LogP contribution >= 0.6 is 0 Å². The Morgan fingerprint density at radius 1 is 1.25 bits per heavy atom. The van der Waals surface area contributed by atoms with Crippen molar-refractivity contribution in [2.75, 3.05) is 20.1 Å². The van der Waals surface area contributed by atoms with E-state index in [-0.39, 0.29) is 24.5 Å². The summed E-state index contributed by atoms with van der Waals surface area (Å²) < 4.78 is 0. The van der Waals surface area contributed by atoms with Gasteiger partial charge in [-0.2, -0.15) is 0 Å². The molecule has 7 heteroatoms. The number of carbonyl (C=O) groups excluding carboxylic acids is 2. The lowest BCUT2D eigenvalue weighted by atomic mass is 10.0. The van der Waals surface area contributed by atoms with Gasteiger partial charge in [-0.05, 0) is 32.1 Å². The molecule has 20 heavy (non-hydrogen) atoms. The number of carboxylic acids is 1. The van der Waals surface area contributed by atoms with Crippen LogP contribution in [0.25, 0.3) is 0 Å². The fraction of sp³-hybridized carbons (Fsp3) is 0.769. The van der Waals surface area contributed by atoms with Crippen LogP contribution in [0.2, 0.25) is 0 Å². The first-order chi connectivity index (χ1) is 9.54. The Hall–Kier alpha value is -1.79.